The molecule has 9 nitrogen and oxygen atoms in total. The number of benzene rings is 2. The molecule has 3 aromatic rings. The van der Waals surface area contributed by atoms with Crippen LogP contribution >= 0.6 is 11.3 Å². The van der Waals surface area contributed by atoms with Crippen molar-refractivity contribution in [3.8, 4) is 0 Å². The molecule has 0 aliphatic carbocycles. The number of carbonyl (C=O) groups excluding carboxylic acids is 1. The lowest BCUT2D eigenvalue weighted by Gasteiger charge is -2.06. The Bertz CT molecular complexity index is 1270. The Morgan fingerprint density at radius 2 is 1.79 bits per heavy atom. The van der Waals surface area contributed by atoms with Crippen LogP contribution < -0.4 is 15.2 Å². The van der Waals surface area contributed by atoms with Gasteiger partial charge < -0.3 is 5.32 Å². The number of primary sulfonamides is 1. The Morgan fingerprint density at radius 3 is 2.41 bits per heavy atom. The van der Waals surface area contributed by atoms with E-state index in [0.717, 1.165) is 23.2 Å². The summed E-state index contributed by atoms with van der Waals surface area (Å²) in [4.78, 5) is 16.6. The maximum atomic E-state index is 12.4. The van der Waals surface area contributed by atoms with E-state index in [1.54, 1.807) is 30.3 Å². The summed E-state index contributed by atoms with van der Waals surface area (Å²) in [5.41, 5.74) is 1.87. The first-order valence-corrected chi connectivity index (χ1v) is 12.5. The molecule has 0 unspecified atom stereocenters. The summed E-state index contributed by atoms with van der Waals surface area (Å²) in [5, 5.41) is 8.09. The van der Waals surface area contributed by atoms with Crippen LogP contribution in [0, 0.1) is 0 Å². The van der Waals surface area contributed by atoms with E-state index < -0.39 is 20.0 Å². The van der Waals surface area contributed by atoms with Crippen LogP contribution in [0.25, 0.3) is 10.2 Å². The van der Waals surface area contributed by atoms with Crippen molar-refractivity contribution < 1.29 is 21.6 Å². The third-order valence-corrected chi connectivity index (χ3v) is 6.43. The van der Waals surface area contributed by atoms with Crippen LogP contribution in [0.5, 0.6) is 0 Å². The normalized spacial score (nSPS) is 12.1. The Hall–Kier alpha value is -2.54. The minimum absolute atomic E-state index is 0.0351. The minimum atomic E-state index is -3.73. The number of nitrogens with two attached hydrogens (primary N) is 1. The Balaban J connectivity index is 1.62. The lowest BCUT2D eigenvalue weighted by Crippen LogP contribution is -2.25. The molecule has 29 heavy (non-hydrogen) atoms. The highest BCUT2D eigenvalue weighted by molar-refractivity contribution is 7.92. The highest BCUT2D eigenvalue weighted by Crippen LogP contribution is 2.27. The first-order chi connectivity index (χ1) is 13.5. The average molecular weight is 455 g/mol. The Kier molecular flexibility index (Phi) is 5.89. The number of sulfonamides is 2. The standard InChI is InChI=1S/C17H18N4O5S3/c1-28(23,24)21-17-20-14-7-4-12(10-15(14)27-17)16(22)19-9-8-11-2-5-13(6-3-11)29(18,25)26/h2-7,10H,8-9H2,1H3,(H,19,22)(H,20,21)(H2,18,25,26). The molecular formula is C17H18N4O5S3. The lowest BCUT2D eigenvalue weighted by molar-refractivity contribution is 0.0954. The van der Waals surface area contributed by atoms with E-state index in [2.05, 4.69) is 15.0 Å². The Morgan fingerprint density at radius 1 is 1.10 bits per heavy atom. The quantitative estimate of drug-likeness (QED) is 0.490. The molecule has 12 heteroatoms. The van der Waals surface area contributed by atoms with Crippen molar-refractivity contribution in [2.24, 2.45) is 5.14 Å². The molecule has 3 rings (SSSR count). The number of amides is 1. The summed E-state index contributed by atoms with van der Waals surface area (Å²) in [6, 6.07) is 11.1. The van der Waals surface area contributed by atoms with E-state index in [-0.39, 0.29) is 15.9 Å². The van der Waals surface area contributed by atoms with E-state index in [1.165, 1.54) is 12.1 Å². The highest BCUT2D eigenvalue weighted by atomic mass is 32.2. The SMILES string of the molecule is CS(=O)(=O)Nc1nc2ccc(C(=O)NCCc3ccc(S(N)(=O)=O)cc3)cc2s1. The van der Waals surface area contributed by atoms with Crippen LogP contribution in [0.1, 0.15) is 15.9 Å². The van der Waals surface area contributed by atoms with Crippen molar-refractivity contribution >= 4 is 52.6 Å². The van der Waals surface area contributed by atoms with Gasteiger partial charge in [-0.05, 0) is 42.3 Å². The monoisotopic (exact) mass is 454 g/mol. The van der Waals surface area contributed by atoms with Gasteiger partial charge in [-0.1, -0.05) is 23.5 Å². The van der Waals surface area contributed by atoms with E-state index in [9.17, 15) is 21.6 Å². The predicted molar refractivity (Wildman–Crippen MR) is 112 cm³/mol. The zero-order valence-electron chi connectivity index (χ0n) is 15.2. The molecule has 2 aromatic carbocycles. The molecule has 0 bridgehead atoms. The second kappa shape index (κ2) is 8.06. The topological polar surface area (TPSA) is 148 Å². The maximum absolute atomic E-state index is 12.4. The zero-order chi connectivity index (χ0) is 21.2. The molecule has 0 saturated carbocycles. The van der Waals surface area contributed by atoms with Gasteiger partial charge >= 0.3 is 0 Å². The fourth-order valence-corrected chi connectivity index (χ4v) is 4.79. The van der Waals surface area contributed by atoms with Gasteiger partial charge in [0, 0.05) is 12.1 Å². The van der Waals surface area contributed by atoms with Gasteiger partial charge in [-0.15, -0.1) is 0 Å². The molecular weight excluding hydrogens is 436 g/mol. The fourth-order valence-electron chi connectivity index (χ4n) is 2.54. The molecule has 4 N–H and O–H groups in total. The van der Waals surface area contributed by atoms with Crippen LogP contribution in [0.4, 0.5) is 5.13 Å². The molecule has 0 aliphatic heterocycles. The van der Waals surface area contributed by atoms with Crippen molar-refractivity contribution in [3.63, 3.8) is 0 Å². The number of nitrogens with zero attached hydrogens (tertiary/aromatic N) is 1. The third-order valence-electron chi connectivity index (χ3n) is 3.87. The summed E-state index contributed by atoms with van der Waals surface area (Å²) in [6.45, 7) is 0.356. The number of aromatic nitrogens is 1. The molecule has 0 spiro atoms. The number of hydrogen-bond donors (Lipinski definition) is 3. The summed E-state index contributed by atoms with van der Waals surface area (Å²) >= 11 is 1.14. The molecule has 154 valence electrons. The van der Waals surface area contributed by atoms with Gasteiger partial charge in [0.25, 0.3) is 5.91 Å². The van der Waals surface area contributed by atoms with Crippen LogP contribution in [-0.4, -0.2) is 40.5 Å². The van der Waals surface area contributed by atoms with E-state index in [4.69, 9.17) is 5.14 Å². The summed E-state index contributed by atoms with van der Waals surface area (Å²) in [6.07, 6.45) is 1.56. The summed E-state index contributed by atoms with van der Waals surface area (Å²) in [5.74, 6) is -0.279. The minimum Gasteiger partial charge on any atom is -0.352 e. The van der Waals surface area contributed by atoms with Gasteiger partial charge in [-0.25, -0.2) is 27.0 Å². The number of carbonyl (C=O) groups is 1. The van der Waals surface area contributed by atoms with Crippen LogP contribution in [0.2, 0.25) is 0 Å². The number of thiazole rings is 1. The number of fused-ring (bicyclic) bond motifs is 1. The van der Waals surface area contributed by atoms with Crippen molar-refractivity contribution in [2.45, 2.75) is 11.3 Å². The molecule has 1 heterocycles. The van der Waals surface area contributed by atoms with Crippen LogP contribution in [0.3, 0.4) is 0 Å². The van der Waals surface area contributed by atoms with Gasteiger partial charge in [-0.3, -0.25) is 9.52 Å². The van der Waals surface area contributed by atoms with Crippen molar-refractivity contribution in [1.29, 1.82) is 0 Å². The summed E-state index contributed by atoms with van der Waals surface area (Å²) < 4.78 is 48.1. The highest BCUT2D eigenvalue weighted by Gasteiger charge is 2.12. The smallest absolute Gasteiger partial charge is 0.251 e. The number of hydrogen-bond acceptors (Lipinski definition) is 7. The fraction of sp³-hybridized carbons (Fsp3) is 0.176. The molecule has 0 aliphatic rings. The largest absolute Gasteiger partial charge is 0.352 e. The second-order valence-corrected chi connectivity index (χ2v) is 10.6. The Labute approximate surface area is 172 Å². The van der Waals surface area contributed by atoms with Crippen molar-refractivity contribution in [1.82, 2.24) is 10.3 Å². The van der Waals surface area contributed by atoms with E-state index in [1.807, 2.05) is 0 Å². The first-order valence-electron chi connectivity index (χ1n) is 8.29. The number of nitrogens with one attached hydrogen (secondary N) is 2. The first kappa shape index (κ1) is 21.2. The van der Waals surface area contributed by atoms with Gasteiger partial charge in [0.15, 0.2) is 5.13 Å². The maximum Gasteiger partial charge on any atom is 0.251 e. The lowest BCUT2D eigenvalue weighted by atomic mass is 10.1. The van der Waals surface area contributed by atoms with E-state index >= 15 is 0 Å². The van der Waals surface area contributed by atoms with Gasteiger partial charge in [0.2, 0.25) is 20.0 Å². The number of rotatable bonds is 7. The predicted octanol–water partition coefficient (Wildman–Crippen LogP) is 1.29. The second-order valence-electron chi connectivity index (χ2n) is 6.27. The van der Waals surface area contributed by atoms with Gasteiger partial charge in [-0.2, -0.15) is 0 Å². The van der Waals surface area contributed by atoms with Gasteiger partial charge in [0.05, 0.1) is 21.4 Å². The molecule has 0 saturated heterocycles. The average Bonchev–Trinajstić information content (AvgIpc) is 3.00. The van der Waals surface area contributed by atoms with E-state index in [0.29, 0.717) is 28.7 Å². The van der Waals surface area contributed by atoms with Gasteiger partial charge in [0.1, 0.15) is 0 Å². The molecule has 1 amide bonds. The zero-order valence-corrected chi connectivity index (χ0v) is 17.7. The molecule has 0 radical (unpaired) electrons. The molecule has 1 aromatic heterocycles. The number of anilines is 1. The van der Waals surface area contributed by atoms with Crippen molar-refractivity contribution in [3.05, 3.63) is 53.6 Å². The molecule has 0 fully saturated rings. The van der Waals surface area contributed by atoms with Crippen LogP contribution in [0.15, 0.2) is 47.4 Å². The van der Waals surface area contributed by atoms with Crippen LogP contribution in [-0.2, 0) is 26.5 Å². The summed E-state index contributed by atoms with van der Waals surface area (Å²) in [7, 11) is -7.15. The third kappa shape index (κ3) is 5.73. The molecule has 0 atom stereocenters. The van der Waals surface area contributed by atoms with Crippen molar-refractivity contribution in [2.75, 3.05) is 17.5 Å².